The summed E-state index contributed by atoms with van der Waals surface area (Å²) in [4.78, 5) is 22.8. The van der Waals surface area contributed by atoms with Gasteiger partial charge in [-0.15, -0.1) is 0 Å². The number of ketones is 1. The topological polar surface area (TPSA) is 78.0 Å². The second-order valence-corrected chi connectivity index (χ2v) is 4.22. The summed E-state index contributed by atoms with van der Waals surface area (Å²) in [5.41, 5.74) is 2.33. The number of carbonyl (C=O) groups is 1. The van der Waals surface area contributed by atoms with E-state index in [4.69, 9.17) is 0 Å². The van der Waals surface area contributed by atoms with Crippen molar-refractivity contribution in [2.24, 2.45) is 7.05 Å². The van der Waals surface area contributed by atoms with Crippen LogP contribution in [0, 0.1) is 17.0 Å². The standard InChI is InChI=1S/C12H9N3O3/c1-6-9-11(14(2)13-6)10-7(12(9)16)4-3-5-8(10)15(17)18/h3-5H,1-2H3. The highest BCUT2D eigenvalue weighted by molar-refractivity contribution is 6.23. The van der Waals surface area contributed by atoms with Crippen LogP contribution >= 0.6 is 0 Å². The highest BCUT2D eigenvalue weighted by Crippen LogP contribution is 2.42. The number of benzene rings is 1. The molecule has 6 heteroatoms. The van der Waals surface area contributed by atoms with Crippen molar-refractivity contribution >= 4 is 11.5 Å². The molecule has 0 spiro atoms. The fraction of sp³-hybridized carbons (Fsp3) is 0.167. The monoisotopic (exact) mass is 243 g/mol. The number of aryl methyl sites for hydroxylation is 2. The number of nitro groups is 1. The molecule has 0 N–H and O–H groups in total. The molecule has 0 fully saturated rings. The van der Waals surface area contributed by atoms with Crippen molar-refractivity contribution in [2.75, 3.05) is 0 Å². The highest BCUT2D eigenvalue weighted by Gasteiger charge is 2.37. The molecule has 1 heterocycles. The maximum absolute atomic E-state index is 12.2. The van der Waals surface area contributed by atoms with E-state index in [0.29, 0.717) is 28.1 Å². The molecule has 0 saturated heterocycles. The molecule has 1 aliphatic rings. The van der Waals surface area contributed by atoms with E-state index in [2.05, 4.69) is 5.10 Å². The molecule has 6 nitrogen and oxygen atoms in total. The Kier molecular flexibility index (Phi) is 1.92. The minimum atomic E-state index is -0.469. The van der Waals surface area contributed by atoms with Gasteiger partial charge < -0.3 is 0 Å². The lowest BCUT2D eigenvalue weighted by Crippen LogP contribution is -2.00. The average Bonchev–Trinajstić information content (AvgIpc) is 2.78. The first kappa shape index (κ1) is 10.6. The van der Waals surface area contributed by atoms with E-state index in [0.717, 1.165) is 0 Å². The van der Waals surface area contributed by atoms with Crippen LogP contribution in [0.2, 0.25) is 0 Å². The van der Waals surface area contributed by atoms with Crippen molar-refractivity contribution in [3.63, 3.8) is 0 Å². The molecule has 0 aliphatic heterocycles. The number of carbonyl (C=O) groups excluding carboxylic acids is 1. The second-order valence-electron chi connectivity index (χ2n) is 4.22. The predicted molar refractivity (Wildman–Crippen MR) is 63.5 cm³/mol. The van der Waals surface area contributed by atoms with Gasteiger partial charge in [-0.05, 0) is 13.0 Å². The number of fused-ring (bicyclic) bond motifs is 3. The molecule has 1 aliphatic carbocycles. The van der Waals surface area contributed by atoms with Crippen molar-refractivity contribution < 1.29 is 9.72 Å². The van der Waals surface area contributed by atoms with Crippen LogP contribution in [-0.2, 0) is 7.05 Å². The largest absolute Gasteiger partial charge is 0.288 e. The van der Waals surface area contributed by atoms with Gasteiger partial charge in [0.05, 0.1) is 27.4 Å². The number of hydrogen-bond acceptors (Lipinski definition) is 4. The Morgan fingerprint density at radius 1 is 1.33 bits per heavy atom. The number of hydrogen-bond donors (Lipinski definition) is 0. The van der Waals surface area contributed by atoms with E-state index < -0.39 is 4.92 Å². The summed E-state index contributed by atoms with van der Waals surface area (Å²) in [5, 5.41) is 15.2. The van der Waals surface area contributed by atoms with Gasteiger partial charge in [0.1, 0.15) is 0 Å². The van der Waals surface area contributed by atoms with E-state index in [1.54, 1.807) is 20.0 Å². The Labute approximate surface area is 102 Å². The average molecular weight is 243 g/mol. The molecule has 2 aromatic rings. The van der Waals surface area contributed by atoms with Gasteiger partial charge in [0, 0.05) is 18.7 Å². The van der Waals surface area contributed by atoms with Crippen molar-refractivity contribution in [2.45, 2.75) is 6.92 Å². The highest BCUT2D eigenvalue weighted by atomic mass is 16.6. The number of rotatable bonds is 1. The third-order valence-corrected chi connectivity index (χ3v) is 3.17. The van der Waals surface area contributed by atoms with Crippen LogP contribution in [0.1, 0.15) is 21.6 Å². The summed E-state index contributed by atoms with van der Waals surface area (Å²) in [6, 6.07) is 4.55. The molecule has 90 valence electrons. The Morgan fingerprint density at radius 3 is 2.72 bits per heavy atom. The zero-order chi connectivity index (χ0) is 13.0. The summed E-state index contributed by atoms with van der Waals surface area (Å²) >= 11 is 0. The van der Waals surface area contributed by atoms with Crippen LogP contribution in [-0.4, -0.2) is 20.5 Å². The van der Waals surface area contributed by atoms with Crippen LogP contribution in [0.4, 0.5) is 5.69 Å². The van der Waals surface area contributed by atoms with E-state index in [-0.39, 0.29) is 11.5 Å². The molecule has 0 bridgehead atoms. The third-order valence-electron chi connectivity index (χ3n) is 3.17. The predicted octanol–water partition coefficient (Wildman–Crippen LogP) is 1.85. The molecule has 0 saturated carbocycles. The van der Waals surface area contributed by atoms with Crippen molar-refractivity contribution in [3.8, 4) is 11.3 Å². The third kappa shape index (κ3) is 1.11. The second kappa shape index (κ2) is 3.25. The first-order valence-corrected chi connectivity index (χ1v) is 5.38. The van der Waals surface area contributed by atoms with Crippen LogP contribution in [0.25, 0.3) is 11.3 Å². The first-order valence-electron chi connectivity index (χ1n) is 5.38. The molecule has 18 heavy (non-hydrogen) atoms. The Morgan fingerprint density at radius 2 is 2.06 bits per heavy atom. The van der Waals surface area contributed by atoms with Gasteiger partial charge in [0.15, 0.2) is 5.78 Å². The van der Waals surface area contributed by atoms with Crippen molar-refractivity contribution in [1.29, 1.82) is 0 Å². The van der Waals surface area contributed by atoms with Crippen LogP contribution in [0.15, 0.2) is 18.2 Å². The summed E-state index contributed by atoms with van der Waals surface area (Å²) in [6.07, 6.45) is 0. The number of nitro benzene ring substituents is 1. The number of aromatic nitrogens is 2. The maximum atomic E-state index is 12.2. The van der Waals surface area contributed by atoms with Gasteiger partial charge in [-0.25, -0.2) is 0 Å². The summed E-state index contributed by atoms with van der Waals surface area (Å²) < 4.78 is 1.53. The van der Waals surface area contributed by atoms with Crippen LogP contribution < -0.4 is 0 Å². The first-order chi connectivity index (χ1) is 8.52. The zero-order valence-corrected chi connectivity index (χ0v) is 9.80. The molecule has 0 atom stereocenters. The van der Waals surface area contributed by atoms with Gasteiger partial charge in [-0.1, -0.05) is 6.07 Å². The van der Waals surface area contributed by atoms with E-state index in [9.17, 15) is 14.9 Å². The molecule has 1 aromatic heterocycles. The Bertz CT molecular complexity index is 716. The van der Waals surface area contributed by atoms with E-state index >= 15 is 0 Å². The SMILES string of the molecule is Cc1nn(C)c2c1C(=O)c1cccc([N+](=O)[O-])c1-2. The molecule has 0 amide bonds. The number of nitrogens with zero attached hydrogens (tertiary/aromatic N) is 3. The van der Waals surface area contributed by atoms with Gasteiger partial charge in [0.25, 0.3) is 5.69 Å². The van der Waals surface area contributed by atoms with Crippen molar-refractivity contribution in [3.05, 3.63) is 45.1 Å². The van der Waals surface area contributed by atoms with Gasteiger partial charge in [0.2, 0.25) is 0 Å². The molecule has 0 unspecified atom stereocenters. The molecular formula is C12H9N3O3. The molecule has 0 radical (unpaired) electrons. The van der Waals surface area contributed by atoms with Crippen LogP contribution in [0.3, 0.4) is 0 Å². The Hall–Kier alpha value is -2.50. The smallest absolute Gasteiger partial charge is 0.279 e. The van der Waals surface area contributed by atoms with Gasteiger partial charge in [-0.3, -0.25) is 19.6 Å². The summed E-state index contributed by atoms with van der Waals surface area (Å²) in [7, 11) is 1.69. The zero-order valence-electron chi connectivity index (χ0n) is 9.80. The maximum Gasteiger partial charge on any atom is 0.279 e. The van der Waals surface area contributed by atoms with Gasteiger partial charge in [-0.2, -0.15) is 5.10 Å². The van der Waals surface area contributed by atoms with Crippen LogP contribution in [0.5, 0.6) is 0 Å². The summed E-state index contributed by atoms with van der Waals surface area (Å²) in [6.45, 7) is 1.73. The lowest BCUT2D eigenvalue weighted by atomic mass is 10.1. The minimum absolute atomic E-state index is 0.0531. The van der Waals surface area contributed by atoms with E-state index in [1.165, 1.54) is 16.8 Å². The van der Waals surface area contributed by atoms with Gasteiger partial charge >= 0.3 is 0 Å². The lowest BCUT2D eigenvalue weighted by molar-refractivity contribution is -0.384. The van der Waals surface area contributed by atoms with E-state index in [1.807, 2.05) is 0 Å². The molecule has 1 aromatic carbocycles. The fourth-order valence-electron chi connectivity index (χ4n) is 2.48. The fourth-order valence-corrected chi connectivity index (χ4v) is 2.48. The quantitative estimate of drug-likeness (QED) is 0.482. The minimum Gasteiger partial charge on any atom is -0.288 e. The van der Waals surface area contributed by atoms with Crippen molar-refractivity contribution in [1.82, 2.24) is 9.78 Å². The molecule has 3 rings (SSSR count). The molecular weight excluding hydrogens is 234 g/mol. The lowest BCUT2D eigenvalue weighted by Gasteiger charge is -2.02. The normalized spacial score (nSPS) is 12.4. The Balaban J connectivity index is 2.46. The summed E-state index contributed by atoms with van der Waals surface area (Å²) in [5.74, 6) is -0.186.